The number of unbranched alkanes of at least 4 members (excludes halogenated alkanes) is 1. The van der Waals surface area contributed by atoms with Crippen molar-refractivity contribution in [2.24, 2.45) is 16.5 Å². The summed E-state index contributed by atoms with van der Waals surface area (Å²) in [4.78, 5) is 13.2. The molecule has 0 rings (SSSR count). The molecule has 0 bridgehead atoms. The molecule has 8 heteroatoms. The lowest BCUT2D eigenvalue weighted by Gasteiger charge is -2.00. The van der Waals surface area contributed by atoms with E-state index in [4.69, 9.17) is 22.0 Å². The summed E-state index contributed by atoms with van der Waals surface area (Å²) in [5, 5.41) is 16.8. The quantitative estimate of drug-likeness (QED) is 0.215. The Morgan fingerprint density at radius 1 is 1.59 bits per heavy atom. The van der Waals surface area contributed by atoms with Crippen LogP contribution in [0.1, 0.15) is 19.8 Å². The van der Waals surface area contributed by atoms with E-state index in [0.29, 0.717) is 6.54 Å². The zero-order chi connectivity index (χ0) is 13.0. The molecule has 0 aliphatic rings. The van der Waals surface area contributed by atoms with E-state index in [1.54, 1.807) is 0 Å². The second kappa shape index (κ2) is 14.2. The molecule has 0 unspecified atom stereocenters. The summed E-state index contributed by atoms with van der Waals surface area (Å²) in [6, 6.07) is 0. The molecule has 7 nitrogen and oxygen atoms in total. The topological polar surface area (TPSA) is 138 Å². The van der Waals surface area contributed by atoms with E-state index in [1.165, 1.54) is 0 Å². The standard InChI is InChI=1S/C6H15N5.C3H4O2.ClH/c1-2-3-4-10-6(9)11-5(7)8;1-2-3(4)5;/h2-4H2,1H3,(H6,7,8,9,10,11);2H,1H2,(H,4,5);1H. The molecule has 0 aromatic heterocycles. The Hall–Kier alpha value is -1.76. The van der Waals surface area contributed by atoms with Crippen LogP contribution in [-0.4, -0.2) is 29.5 Å². The number of nitrogens with zero attached hydrogens (tertiary/aromatic N) is 1. The van der Waals surface area contributed by atoms with Gasteiger partial charge in [0.15, 0.2) is 11.9 Å². The number of carbonyl (C=O) groups is 1. The van der Waals surface area contributed by atoms with Gasteiger partial charge < -0.3 is 16.6 Å². The minimum absolute atomic E-state index is 0. The van der Waals surface area contributed by atoms with E-state index in [0.717, 1.165) is 18.9 Å². The summed E-state index contributed by atoms with van der Waals surface area (Å²) in [5.74, 6) is -0.946. The van der Waals surface area contributed by atoms with Gasteiger partial charge >= 0.3 is 5.97 Å². The summed E-state index contributed by atoms with van der Waals surface area (Å²) in [6.45, 7) is 5.72. The van der Waals surface area contributed by atoms with Gasteiger partial charge in [-0.25, -0.2) is 4.79 Å². The van der Waals surface area contributed by atoms with Crippen molar-refractivity contribution in [3.05, 3.63) is 12.7 Å². The lowest BCUT2D eigenvalue weighted by atomic mass is 10.3. The molecular formula is C9H20ClN5O2. The molecule has 0 aromatic rings. The molecule has 0 spiro atoms. The summed E-state index contributed by atoms with van der Waals surface area (Å²) in [6.07, 6.45) is 2.91. The van der Waals surface area contributed by atoms with Crippen molar-refractivity contribution in [3.8, 4) is 0 Å². The van der Waals surface area contributed by atoms with Crippen LogP contribution in [0.5, 0.6) is 0 Å². The third kappa shape index (κ3) is 25.0. The number of aliphatic imine (C=N–C) groups is 1. The lowest BCUT2D eigenvalue weighted by Crippen LogP contribution is -2.40. The number of carboxylic acid groups (broad SMARTS) is 1. The normalized spacial score (nSPS) is 9.12. The van der Waals surface area contributed by atoms with E-state index in [-0.39, 0.29) is 24.3 Å². The predicted octanol–water partition coefficient (Wildman–Crippen LogP) is 0.263. The van der Waals surface area contributed by atoms with Crippen molar-refractivity contribution >= 4 is 30.3 Å². The third-order valence-corrected chi connectivity index (χ3v) is 1.23. The Morgan fingerprint density at radius 3 is 2.35 bits per heavy atom. The monoisotopic (exact) mass is 265 g/mol. The molecule has 0 fully saturated rings. The number of carboxylic acids is 1. The lowest BCUT2D eigenvalue weighted by molar-refractivity contribution is -0.131. The maximum Gasteiger partial charge on any atom is 0.327 e. The molecule has 0 saturated heterocycles. The van der Waals surface area contributed by atoms with Crippen LogP contribution in [0.2, 0.25) is 0 Å². The van der Waals surface area contributed by atoms with E-state index in [9.17, 15) is 4.79 Å². The number of hydrogen-bond acceptors (Lipinski definition) is 3. The zero-order valence-corrected chi connectivity index (χ0v) is 10.6. The molecule has 7 N–H and O–H groups in total. The number of hydrogen-bond donors (Lipinski definition) is 5. The number of nitrogens with one attached hydrogen (secondary N) is 2. The second-order valence-electron chi connectivity index (χ2n) is 2.70. The molecular weight excluding hydrogens is 246 g/mol. The van der Waals surface area contributed by atoms with Gasteiger partial charge in [-0.05, 0) is 6.42 Å². The highest BCUT2D eigenvalue weighted by molar-refractivity contribution is 5.95. The van der Waals surface area contributed by atoms with E-state index >= 15 is 0 Å². The van der Waals surface area contributed by atoms with Crippen molar-refractivity contribution < 1.29 is 9.90 Å². The Balaban J connectivity index is -0.000000280. The minimum Gasteiger partial charge on any atom is -0.478 e. The van der Waals surface area contributed by atoms with Gasteiger partial charge in [0.05, 0.1) is 0 Å². The highest BCUT2D eigenvalue weighted by Gasteiger charge is 1.90. The average Bonchev–Trinajstić information content (AvgIpc) is 2.18. The van der Waals surface area contributed by atoms with Gasteiger partial charge in [0.25, 0.3) is 0 Å². The maximum absolute atomic E-state index is 9.25. The van der Waals surface area contributed by atoms with E-state index in [1.807, 2.05) is 0 Å². The SMILES string of the molecule is C=CC(=O)O.CCCCN=C(N)NC(=N)N.Cl. The first-order chi connectivity index (χ1) is 7.43. The second-order valence-corrected chi connectivity index (χ2v) is 2.70. The van der Waals surface area contributed by atoms with E-state index in [2.05, 4.69) is 23.8 Å². The Morgan fingerprint density at radius 2 is 2.06 bits per heavy atom. The van der Waals surface area contributed by atoms with Crippen LogP contribution < -0.4 is 16.8 Å². The molecule has 0 aliphatic heterocycles. The van der Waals surface area contributed by atoms with Crippen molar-refractivity contribution in [1.29, 1.82) is 5.41 Å². The molecule has 0 radical (unpaired) electrons. The first-order valence-electron chi connectivity index (χ1n) is 4.70. The number of halogens is 1. The van der Waals surface area contributed by atoms with Crippen molar-refractivity contribution in [3.63, 3.8) is 0 Å². The van der Waals surface area contributed by atoms with Crippen LogP contribution in [0, 0.1) is 5.41 Å². The van der Waals surface area contributed by atoms with Crippen LogP contribution in [0.3, 0.4) is 0 Å². The zero-order valence-electron chi connectivity index (χ0n) is 9.77. The maximum atomic E-state index is 9.25. The molecule has 17 heavy (non-hydrogen) atoms. The van der Waals surface area contributed by atoms with Crippen LogP contribution in [-0.2, 0) is 4.79 Å². The van der Waals surface area contributed by atoms with Crippen LogP contribution in [0.25, 0.3) is 0 Å². The molecule has 0 heterocycles. The molecule has 0 atom stereocenters. The minimum atomic E-state index is -0.981. The third-order valence-electron chi connectivity index (χ3n) is 1.23. The molecule has 0 amide bonds. The van der Waals surface area contributed by atoms with Crippen LogP contribution >= 0.6 is 12.4 Å². The number of nitrogens with two attached hydrogens (primary N) is 2. The summed E-state index contributed by atoms with van der Waals surface area (Å²) in [5.41, 5.74) is 10.3. The predicted molar refractivity (Wildman–Crippen MR) is 71.5 cm³/mol. The highest BCUT2D eigenvalue weighted by atomic mass is 35.5. The fraction of sp³-hybridized carbons (Fsp3) is 0.444. The first kappa shape index (κ1) is 20.6. The Kier molecular flexibility index (Phi) is 17.3. The van der Waals surface area contributed by atoms with Crippen molar-refractivity contribution in [1.82, 2.24) is 5.32 Å². The van der Waals surface area contributed by atoms with Crippen molar-refractivity contribution in [2.75, 3.05) is 6.54 Å². The van der Waals surface area contributed by atoms with Gasteiger partial charge in [-0.15, -0.1) is 12.4 Å². The van der Waals surface area contributed by atoms with Gasteiger partial charge in [0.1, 0.15) is 0 Å². The average molecular weight is 266 g/mol. The van der Waals surface area contributed by atoms with Gasteiger partial charge in [-0.1, -0.05) is 19.9 Å². The number of guanidine groups is 2. The fourth-order valence-electron chi connectivity index (χ4n) is 0.535. The van der Waals surface area contributed by atoms with Gasteiger partial charge in [-0.2, -0.15) is 0 Å². The Bertz CT molecular complexity index is 268. The van der Waals surface area contributed by atoms with Gasteiger partial charge in [0, 0.05) is 12.6 Å². The van der Waals surface area contributed by atoms with Gasteiger partial charge in [0.2, 0.25) is 0 Å². The molecule has 100 valence electrons. The largest absolute Gasteiger partial charge is 0.478 e. The van der Waals surface area contributed by atoms with Crippen LogP contribution in [0.4, 0.5) is 0 Å². The summed E-state index contributed by atoms with van der Waals surface area (Å²) < 4.78 is 0. The molecule has 0 aromatic carbocycles. The number of rotatable bonds is 4. The molecule has 0 saturated carbocycles. The summed E-state index contributed by atoms with van der Waals surface area (Å²) >= 11 is 0. The fourth-order valence-corrected chi connectivity index (χ4v) is 0.535. The first-order valence-corrected chi connectivity index (χ1v) is 4.70. The molecule has 0 aliphatic carbocycles. The Labute approximate surface area is 107 Å². The number of aliphatic carboxylic acids is 1. The summed E-state index contributed by atoms with van der Waals surface area (Å²) in [7, 11) is 0. The highest BCUT2D eigenvalue weighted by Crippen LogP contribution is 1.85. The van der Waals surface area contributed by atoms with E-state index < -0.39 is 5.97 Å². The van der Waals surface area contributed by atoms with Crippen LogP contribution in [0.15, 0.2) is 17.6 Å². The van der Waals surface area contributed by atoms with Crippen molar-refractivity contribution in [2.45, 2.75) is 19.8 Å². The van der Waals surface area contributed by atoms with Gasteiger partial charge in [-0.3, -0.25) is 15.7 Å². The smallest absolute Gasteiger partial charge is 0.327 e.